The van der Waals surface area contributed by atoms with Gasteiger partial charge in [0.05, 0.1) is 13.2 Å². The Bertz CT molecular complexity index is 1130. The molecule has 2 N–H and O–H groups in total. The van der Waals surface area contributed by atoms with E-state index in [1.54, 1.807) is 13.2 Å². The number of carbonyl (C=O) groups excluding carboxylic acids is 1. The second-order valence-electron chi connectivity index (χ2n) is 6.85. The molecule has 0 aliphatic carbocycles. The first-order valence-corrected chi connectivity index (χ1v) is 12.2. The third-order valence-corrected chi connectivity index (χ3v) is 7.29. The Kier molecular flexibility index (Phi) is 7.46. The van der Waals surface area contributed by atoms with E-state index in [1.807, 2.05) is 0 Å². The van der Waals surface area contributed by atoms with Crippen LogP contribution in [-0.4, -0.2) is 61.2 Å². The maximum absolute atomic E-state index is 14.3. The largest absolute Gasteiger partial charge is 0.379 e. The van der Waals surface area contributed by atoms with Crippen molar-refractivity contribution in [3.63, 3.8) is 0 Å². The number of hydrogen-bond acceptors (Lipinski definition) is 7. The van der Waals surface area contributed by atoms with Crippen LogP contribution in [-0.2, 0) is 26.0 Å². The average molecular weight is 471 g/mol. The van der Waals surface area contributed by atoms with Gasteiger partial charge >= 0.3 is 0 Å². The number of carbonyl (C=O) groups is 1. The number of halogens is 1. The van der Waals surface area contributed by atoms with Gasteiger partial charge in [-0.25, -0.2) is 17.8 Å². The summed E-state index contributed by atoms with van der Waals surface area (Å²) < 4.78 is 46.1. The maximum Gasteiger partial charge on any atom is 0.254 e. The number of ether oxygens (including phenoxy) is 1. The number of H-pyrrole nitrogens is 1. The molecule has 1 aromatic carbocycles. The highest BCUT2D eigenvalue weighted by atomic mass is 32.2. The lowest BCUT2D eigenvalue weighted by Crippen LogP contribution is -2.40. The second kappa shape index (κ2) is 9.90. The van der Waals surface area contributed by atoms with Gasteiger partial charge in [-0.05, 0) is 37.8 Å². The number of amides is 1. The Balaban J connectivity index is 1.71. The molecule has 0 radical (unpaired) electrons. The van der Waals surface area contributed by atoms with Gasteiger partial charge in [0, 0.05) is 36.5 Å². The van der Waals surface area contributed by atoms with Gasteiger partial charge in [-0.2, -0.15) is 4.31 Å². The number of aromatic nitrogens is 2. The SMILES string of the molecule is CSc1nc(C)c(CCC(=O)Nc2ccc(F)c(S(=O)(=O)N3CCOCC3)c2)c(=O)[nH]1. The maximum atomic E-state index is 14.3. The van der Waals surface area contributed by atoms with Crippen LogP contribution in [0, 0.1) is 12.7 Å². The Hall–Kier alpha value is -2.28. The molecule has 1 saturated heterocycles. The number of morpholine rings is 1. The summed E-state index contributed by atoms with van der Waals surface area (Å²) in [7, 11) is -4.05. The van der Waals surface area contributed by atoms with Gasteiger partial charge in [-0.15, -0.1) is 0 Å². The van der Waals surface area contributed by atoms with Gasteiger partial charge in [-0.1, -0.05) is 11.8 Å². The van der Waals surface area contributed by atoms with Gasteiger partial charge < -0.3 is 15.0 Å². The fourth-order valence-electron chi connectivity index (χ4n) is 3.14. The summed E-state index contributed by atoms with van der Waals surface area (Å²) in [5.41, 5.74) is 0.800. The van der Waals surface area contributed by atoms with Crippen molar-refractivity contribution in [3.8, 4) is 0 Å². The van der Waals surface area contributed by atoms with Gasteiger partial charge in [0.2, 0.25) is 15.9 Å². The number of rotatable bonds is 7. The first-order valence-electron chi connectivity index (χ1n) is 9.53. The first kappa shape index (κ1) is 23.4. The molecule has 2 aromatic rings. The summed E-state index contributed by atoms with van der Waals surface area (Å²) in [6.45, 7) is 2.45. The molecule has 0 atom stereocenters. The molecule has 1 aliphatic rings. The molecule has 1 amide bonds. The molecule has 0 saturated carbocycles. The van der Waals surface area contributed by atoms with E-state index in [1.165, 1.54) is 17.8 Å². The highest BCUT2D eigenvalue weighted by molar-refractivity contribution is 7.98. The quantitative estimate of drug-likeness (QED) is 0.465. The summed E-state index contributed by atoms with van der Waals surface area (Å²) >= 11 is 1.31. The molecule has 31 heavy (non-hydrogen) atoms. The molecule has 9 nitrogen and oxygen atoms in total. The van der Waals surface area contributed by atoms with E-state index < -0.39 is 26.6 Å². The first-order chi connectivity index (χ1) is 14.7. The minimum absolute atomic E-state index is 0.0207. The standard InChI is InChI=1S/C19H23FN4O5S2/c1-12-14(18(26)23-19(21-12)30-2)4-6-17(25)22-13-3-5-15(20)16(11-13)31(27,28)24-7-9-29-10-8-24/h3,5,11H,4,6-10H2,1-2H3,(H,22,25)(H,21,23,26). The van der Waals surface area contributed by atoms with E-state index in [0.717, 1.165) is 16.4 Å². The highest BCUT2D eigenvalue weighted by Crippen LogP contribution is 2.24. The van der Waals surface area contributed by atoms with Crippen LogP contribution in [0.4, 0.5) is 10.1 Å². The van der Waals surface area contributed by atoms with Gasteiger partial charge in [0.15, 0.2) is 5.16 Å². The van der Waals surface area contributed by atoms with Crippen LogP contribution in [0.5, 0.6) is 0 Å². The van der Waals surface area contributed by atoms with Crippen molar-refractivity contribution < 1.29 is 22.3 Å². The second-order valence-corrected chi connectivity index (χ2v) is 9.55. The van der Waals surface area contributed by atoms with E-state index in [0.29, 0.717) is 16.4 Å². The molecule has 12 heteroatoms. The average Bonchev–Trinajstić information content (AvgIpc) is 2.74. The van der Waals surface area contributed by atoms with E-state index in [9.17, 15) is 22.4 Å². The lowest BCUT2D eigenvalue weighted by Gasteiger charge is -2.26. The van der Waals surface area contributed by atoms with E-state index in [2.05, 4.69) is 15.3 Å². The van der Waals surface area contributed by atoms with Crippen molar-refractivity contribution >= 4 is 33.4 Å². The van der Waals surface area contributed by atoms with Gasteiger partial charge in [0.25, 0.3) is 5.56 Å². The summed E-state index contributed by atoms with van der Waals surface area (Å²) in [5.74, 6) is -1.33. The summed E-state index contributed by atoms with van der Waals surface area (Å²) in [5, 5.41) is 3.06. The van der Waals surface area contributed by atoms with Crippen molar-refractivity contribution in [2.45, 2.75) is 29.8 Å². The lowest BCUT2D eigenvalue weighted by molar-refractivity contribution is -0.116. The number of nitrogens with one attached hydrogen (secondary N) is 2. The van der Waals surface area contributed by atoms with Gasteiger partial charge in [0.1, 0.15) is 10.7 Å². The minimum Gasteiger partial charge on any atom is -0.379 e. The van der Waals surface area contributed by atoms with Crippen molar-refractivity contribution in [2.75, 3.05) is 37.9 Å². The van der Waals surface area contributed by atoms with Crippen LogP contribution in [0.3, 0.4) is 0 Å². The summed E-state index contributed by atoms with van der Waals surface area (Å²) in [6.07, 6.45) is 1.93. The van der Waals surface area contributed by atoms with Crippen molar-refractivity contribution in [3.05, 3.63) is 45.6 Å². The molecular weight excluding hydrogens is 447 g/mol. The zero-order chi connectivity index (χ0) is 22.6. The van der Waals surface area contributed by atoms with Gasteiger partial charge in [-0.3, -0.25) is 9.59 Å². The Labute approximate surface area is 183 Å². The van der Waals surface area contributed by atoms with Crippen molar-refractivity contribution in [2.24, 2.45) is 0 Å². The highest BCUT2D eigenvalue weighted by Gasteiger charge is 2.29. The number of nitrogens with zero attached hydrogens (tertiary/aromatic N) is 2. The van der Waals surface area contributed by atoms with Crippen molar-refractivity contribution in [1.82, 2.24) is 14.3 Å². The van der Waals surface area contributed by atoms with Crippen LogP contribution >= 0.6 is 11.8 Å². The Morgan fingerprint density at radius 2 is 2.06 bits per heavy atom. The summed E-state index contributed by atoms with van der Waals surface area (Å²) in [6, 6.07) is 3.40. The Morgan fingerprint density at radius 1 is 1.35 bits per heavy atom. The number of hydrogen-bond donors (Lipinski definition) is 2. The van der Waals surface area contributed by atoms with Crippen LogP contribution in [0.15, 0.2) is 33.0 Å². The Morgan fingerprint density at radius 3 is 2.71 bits per heavy atom. The minimum atomic E-state index is -4.05. The molecular formula is C19H23FN4O5S2. The van der Waals surface area contributed by atoms with E-state index in [-0.39, 0.29) is 50.4 Å². The zero-order valence-electron chi connectivity index (χ0n) is 17.1. The molecule has 168 valence electrons. The number of anilines is 1. The number of aryl methyl sites for hydroxylation is 1. The third kappa shape index (κ3) is 5.50. The van der Waals surface area contributed by atoms with Crippen LogP contribution in [0.2, 0.25) is 0 Å². The zero-order valence-corrected chi connectivity index (χ0v) is 18.7. The molecule has 2 heterocycles. The fraction of sp³-hybridized carbons (Fsp3) is 0.421. The molecule has 1 aromatic heterocycles. The molecule has 1 aliphatic heterocycles. The summed E-state index contributed by atoms with van der Waals surface area (Å²) in [4.78, 5) is 30.9. The molecule has 3 rings (SSSR count). The molecule has 0 bridgehead atoms. The predicted molar refractivity (Wildman–Crippen MR) is 114 cm³/mol. The van der Waals surface area contributed by atoms with Crippen LogP contribution in [0.25, 0.3) is 0 Å². The number of aromatic amines is 1. The van der Waals surface area contributed by atoms with E-state index >= 15 is 0 Å². The van der Waals surface area contributed by atoms with Crippen LogP contribution in [0.1, 0.15) is 17.7 Å². The number of sulfonamides is 1. The number of thioether (sulfide) groups is 1. The smallest absolute Gasteiger partial charge is 0.254 e. The predicted octanol–water partition coefficient (Wildman–Crippen LogP) is 1.53. The molecule has 0 unspecified atom stereocenters. The monoisotopic (exact) mass is 470 g/mol. The van der Waals surface area contributed by atoms with Crippen molar-refractivity contribution in [1.29, 1.82) is 0 Å². The normalized spacial score (nSPS) is 15.1. The molecule has 1 fully saturated rings. The fourth-order valence-corrected chi connectivity index (χ4v) is 5.06. The topological polar surface area (TPSA) is 121 Å². The third-order valence-electron chi connectivity index (χ3n) is 4.80. The number of benzene rings is 1. The van der Waals surface area contributed by atoms with E-state index in [4.69, 9.17) is 4.74 Å². The molecule has 0 spiro atoms. The van der Waals surface area contributed by atoms with Crippen LogP contribution < -0.4 is 10.9 Å². The lowest BCUT2D eigenvalue weighted by atomic mass is 10.1.